The van der Waals surface area contributed by atoms with E-state index in [-0.39, 0.29) is 17.0 Å². The van der Waals surface area contributed by atoms with Gasteiger partial charge in [0, 0.05) is 16.1 Å². The van der Waals surface area contributed by atoms with Crippen molar-refractivity contribution < 1.29 is 24.0 Å². The van der Waals surface area contributed by atoms with E-state index in [0.29, 0.717) is 5.75 Å². The number of nitrogens with one attached hydrogen (secondary N) is 2. The molecule has 0 radical (unpaired) electrons. The first-order valence-corrected chi connectivity index (χ1v) is 8.46. The van der Waals surface area contributed by atoms with Gasteiger partial charge in [0.25, 0.3) is 11.8 Å². The summed E-state index contributed by atoms with van der Waals surface area (Å²) in [4.78, 5) is 34.5. The molecule has 0 spiro atoms. The summed E-state index contributed by atoms with van der Waals surface area (Å²) >= 11 is 3.30. The fourth-order valence-corrected chi connectivity index (χ4v) is 2.44. The third kappa shape index (κ3) is 5.42. The lowest BCUT2D eigenvalue weighted by Gasteiger charge is -2.15. The number of hydrazine groups is 1. The second-order valence-corrected chi connectivity index (χ2v) is 6.22. The first-order chi connectivity index (χ1) is 12.8. The molecular formula is C17H16BrN3O6. The van der Waals surface area contributed by atoms with E-state index in [4.69, 9.17) is 9.47 Å². The van der Waals surface area contributed by atoms with Crippen molar-refractivity contribution in [2.24, 2.45) is 0 Å². The zero-order chi connectivity index (χ0) is 20.0. The van der Waals surface area contributed by atoms with Crippen molar-refractivity contribution in [3.05, 3.63) is 62.6 Å². The number of hydrogen-bond acceptors (Lipinski definition) is 6. The largest absolute Gasteiger partial charge is 0.490 e. The van der Waals surface area contributed by atoms with Gasteiger partial charge >= 0.3 is 5.69 Å². The molecule has 0 heterocycles. The molecule has 2 rings (SSSR count). The number of nitrogens with zero attached hydrogens (tertiary/aromatic N) is 1. The molecular weight excluding hydrogens is 422 g/mol. The molecule has 2 aromatic rings. The predicted octanol–water partition coefficient (Wildman–Crippen LogP) is 2.59. The van der Waals surface area contributed by atoms with Crippen molar-refractivity contribution in [2.75, 3.05) is 7.11 Å². The van der Waals surface area contributed by atoms with Crippen molar-refractivity contribution in [3.63, 3.8) is 0 Å². The van der Waals surface area contributed by atoms with E-state index < -0.39 is 22.8 Å². The highest BCUT2D eigenvalue weighted by molar-refractivity contribution is 9.10. The highest BCUT2D eigenvalue weighted by Crippen LogP contribution is 2.27. The molecule has 0 bridgehead atoms. The Bertz CT molecular complexity index is 873. The predicted molar refractivity (Wildman–Crippen MR) is 99.5 cm³/mol. The summed E-state index contributed by atoms with van der Waals surface area (Å²) in [5.41, 5.74) is 4.04. The Hall–Kier alpha value is -3.14. The van der Waals surface area contributed by atoms with Crippen LogP contribution in [-0.2, 0) is 4.79 Å². The number of amides is 2. The van der Waals surface area contributed by atoms with Gasteiger partial charge in [-0.1, -0.05) is 22.0 Å². The number of carbonyl (C=O) groups excluding carboxylic acids is 2. The lowest BCUT2D eigenvalue weighted by atomic mass is 10.2. The van der Waals surface area contributed by atoms with E-state index in [0.717, 1.165) is 10.5 Å². The molecule has 0 saturated carbocycles. The molecule has 0 aliphatic heterocycles. The molecule has 9 nitrogen and oxygen atoms in total. The van der Waals surface area contributed by atoms with Gasteiger partial charge in [0.1, 0.15) is 5.75 Å². The SMILES string of the molecule is COc1ccc(C(=O)NNC(=O)C(C)Oc2cccc(Br)c2)cc1[N+](=O)[O-]. The van der Waals surface area contributed by atoms with E-state index in [2.05, 4.69) is 26.8 Å². The maximum Gasteiger partial charge on any atom is 0.311 e. The van der Waals surface area contributed by atoms with Crippen molar-refractivity contribution in [1.29, 1.82) is 0 Å². The molecule has 0 fully saturated rings. The molecule has 2 aromatic carbocycles. The number of hydrogen-bond donors (Lipinski definition) is 2. The number of ether oxygens (including phenoxy) is 2. The fourth-order valence-electron chi connectivity index (χ4n) is 2.06. The van der Waals surface area contributed by atoms with E-state index in [1.165, 1.54) is 26.2 Å². The van der Waals surface area contributed by atoms with Gasteiger partial charge in [-0.15, -0.1) is 0 Å². The minimum atomic E-state index is -0.884. The molecule has 0 aliphatic carbocycles. The average molecular weight is 438 g/mol. The maximum atomic E-state index is 12.1. The van der Waals surface area contributed by atoms with Crippen LogP contribution >= 0.6 is 15.9 Å². The Morgan fingerprint density at radius 2 is 1.93 bits per heavy atom. The highest BCUT2D eigenvalue weighted by atomic mass is 79.9. The summed E-state index contributed by atoms with van der Waals surface area (Å²) in [5, 5.41) is 11.0. The van der Waals surface area contributed by atoms with Gasteiger partial charge in [0.2, 0.25) is 0 Å². The van der Waals surface area contributed by atoms with Crippen molar-refractivity contribution >= 4 is 33.4 Å². The lowest BCUT2D eigenvalue weighted by Crippen LogP contribution is -2.47. The first-order valence-electron chi connectivity index (χ1n) is 7.66. The van der Waals surface area contributed by atoms with Crippen molar-refractivity contribution in [2.45, 2.75) is 13.0 Å². The van der Waals surface area contributed by atoms with Crippen LogP contribution < -0.4 is 20.3 Å². The normalized spacial score (nSPS) is 11.2. The standard InChI is InChI=1S/C17H16BrN3O6/c1-10(27-13-5-3-4-12(18)9-13)16(22)19-20-17(23)11-6-7-15(26-2)14(8-11)21(24)25/h3-10H,1-2H3,(H,19,22)(H,20,23). The van der Waals surface area contributed by atoms with Gasteiger partial charge < -0.3 is 9.47 Å². The van der Waals surface area contributed by atoms with Gasteiger partial charge in [0.15, 0.2) is 11.9 Å². The number of benzene rings is 2. The summed E-state index contributed by atoms with van der Waals surface area (Å²) in [6, 6.07) is 10.6. The first kappa shape index (κ1) is 20.2. The number of carbonyl (C=O) groups is 2. The van der Waals surface area contributed by atoms with Crippen LogP contribution in [0.1, 0.15) is 17.3 Å². The lowest BCUT2D eigenvalue weighted by molar-refractivity contribution is -0.385. The zero-order valence-electron chi connectivity index (χ0n) is 14.4. The molecule has 10 heteroatoms. The number of rotatable bonds is 6. The number of nitro benzene ring substituents is 1. The number of nitro groups is 1. The van der Waals surface area contributed by atoms with Crippen LogP contribution in [0.25, 0.3) is 0 Å². The summed E-state index contributed by atoms with van der Waals surface area (Å²) < 4.78 is 11.1. The Labute approximate surface area is 162 Å². The minimum absolute atomic E-state index is 0.0108. The van der Waals surface area contributed by atoms with Crippen LogP contribution in [0.15, 0.2) is 46.9 Å². The van der Waals surface area contributed by atoms with Crippen molar-refractivity contribution in [3.8, 4) is 11.5 Å². The molecule has 2 amide bonds. The van der Waals surface area contributed by atoms with Crippen molar-refractivity contribution in [1.82, 2.24) is 10.9 Å². The van der Waals surface area contributed by atoms with Gasteiger partial charge in [-0.3, -0.25) is 30.6 Å². The van der Waals surface area contributed by atoms with E-state index in [9.17, 15) is 19.7 Å². The Balaban J connectivity index is 1.97. The summed E-state index contributed by atoms with van der Waals surface area (Å²) in [6.45, 7) is 1.51. The van der Waals surface area contributed by atoms with Gasteiger partial charge in [-0.05, 0) is 37.3 Å². The van der Waals surface area contributed by atoms with Crippen LogP contribution in [0.3, 0.4) is 0 Å². The second kappa shape index (κ2) is 8.99. The van der Waals surface area contributed by atoms with Crippen LogP contribution in [0.5, 0.6) is 11.5 Å². The molecule has 2 N–H and O–H groups in total. The van der Waals surface area contributed by atoms with Crippen LogP contribution in [0.2, 0.25) is 0 Å². The molecule has 1 atom stereocenters. The van der Waals surface area contributed by atoms with E-state index in [1.54, 1.807) is 18.2 Å². The monoisotopic (exact) mass is 437 g/mol. The molecule has 27 heavy (non-hydrogen) atoms. The molecule has 142 valence electrons. The number of halogens is 1. The zero-order valence-corrected chi connectivity index (χ0v) is 16.0. The van der Waals surface area contributed by atoms with Crippen LogP contribution in [-0.4, -0.2) is 30.0 Å². The Morgan fingerprint density at radius 1 is 1.19 bits per heavy atom. The molecule has 0 saturated heterocycles. The van der Waals surface area contributed by atoms with Gasteiger partial charge in [-0.25, -0.2) is 0 Å². The van der Waals surface area contributed by atoms with E-state index >= 15 is 0 Å². The average Bonchev–Trinajstić information content (AvgIpc) is 2.65. The second-order valence-electron chi connectivity index (χ2n) is 5.30. The molecule has 0 aromatic heterocycles. The summed E-state index contributed by atoms with van der Waals surface area (Å²) in [5.74, 6) is -0.809. The quantitative estimate of drug-likeness (QED) is 0.529. The molecule has 1 unspecified atom stereocenters. The highest BCUT2D eigenvalue weighted by Gasteiger charge is 2.20. The summed E-state index contributed by atoms with van der Waals surface area (Å²) in [6.07, 6.45) is -0.884. The third-order valence-corrected chi connectivity index (χ3v) is 3.91. The Kier molecular flexibility index (Phi) is 6.72. The minimum Gasteiger partial charge on any atom is -0.490 e. The fraction of sp³-hybridized carbons (Fsp3) is 0.176. The maximum absolute atomic E-state index is 12.1. The Morgan fingerprint density at radius 3 is 2.56 bits per heavy atom. The third-order valence-electron chi connectivity index (χ3n) is 3.42. The van der Waals surface area contributed by atoms with Crippen LogP contribution in [0.4, 0.5) is 5.69 Å². The topological polar surface area (TPSA) is 120 Å². The molecule has 0 aliphatic rings. The van der Waals surface area contributed by atoms with Gasteiger partial charge in [0.05, 0.1) is 12.0 Å². The smallest absolute Gasteiger partial charge is 0.311 e. The van der Waals surface area contributed by atoms with Gasteiger partial charge in [-0.2, -0.15) is 0 Å². The van der Waals surface area contributed by atoms with E-state index in [1.807, 2.05) is 6.07 Å². The number of methoxy groups -OCH3 is 1. The summed E-state index contributed by atoms with van der Waals surface area (Å²) in [7, 11) is 1.29. The van der Waals surface area contributed by atoms with Crippen LogP contribution in [0, 0.1) is 10.1 Å².